The van der Waals surface area contributed by atoms with Crippen LogP contribution in [-0.4, -0.2) is 42.8 Å². The molecule has 0 N–H and O–H groups in total. The van der Waals surface area contributed by atoms with Gasteiger partial charge in [0, 0.05) is 36.5 Å². The van der Waals surface area contributed by atoms with Crippen molar-refractivity contribution in [3.05, 3.63) is 77.9 Å². The molecule has 1 aliphatic heterocycles. The van der Waals surface area contributed by atoms with Gasteiger partial charge < -0.3 is 13.9 Å². The molecule has 0 radical (unpaired) electrons. The lowest BCUT2D eigenvalue weighted by atomic mass is 10.0. The van der Waals surface area contributed by atoms with Gasteiger partial charge in [-0.25, -0.2) is 9.97 Å². The third-order valence-corrected chi connectivity index (χ3v) is 7.01. The van der Waals surface area contributed by atoms with Gasteiger partial charge in [-0.1, -0.05) is 23.7 Å². The molecule has 0 saturated carbocycles. The van der Waals surface area contributed by atoms with Crippen molar-refractivity contribution < 1.29 is 22.4 Å². The number of amides is 1. The molecule has 1 fully saturated rings. The zero-order chi connectivity index (χ0) is 25.0. The largest absolute Gasteiger partial charge is 0.472 e. The number of imidazole rings is 2. The smallest absolute Gasteiger partial charge is 0.420 e. The molecule has 1 aromatic carbocycles. The van der Waals surface area contributed by atoms with Crippen molar-refractivity contribution >= 4 is 34.2 Å². The monoisotopic (exact) mass is 513 g/mol. The van der Waals surface area contributed by atoms with Gasteiger partial charge in [0.15, 0.2) is 11.3 Å². The van der Waals surface area contributed by atoms with E-state index in [0.717, 1.165) is 21.5 Å². The van der Waals surface area contributed by atoms with E-state index >= 15 is 0 Å². The number of carbonyl (C=O) groups is 1. The van der Waals surface area contributed by atoms with Gasteiger partial charge in [0.2, 0.25) is 0 Å². The Morgan fingerprint density at radius 3 is 2.61 bits per heavy atom. The number of halogens is 4. The van der Waals surface area contributed by atoms with Crippen LogP contribution in [0.2, 0.25) is 5.15 Å². The second kappa shape index (κ2) is 8.41. The third kappa shape index (κ3) is 3.72. The molecule has 5 aromatic rings. The van der Waals surface area contributed by atoms with Gasteiger partial charge in [0.1, 0.15) is 5.15 Å². The van der Waals surface area contributed by atoms with Gasteiger partial charge in [0.05, 0.1) is 35.5 Å². The minimum absolute atomic E-state index is 0.159. The summed E-state index contributed by atoms with van der Waals surface area (Å²) in [6.45, 7) is 0.846. The second-order valence-electron chi connectivity index (χ2n) is 8.76. The zero-order valence-corrected chi connectivity index (χ0v) is 19.5. The number of rotatable bonds is 3. The van der Waals surface area contributed by atoms with E-state index in [1.807, 2.05) is 30.6 Å². The highest BCUT2D eigenvalue weighted by Crippen LogP contribution is 2.37. The maximum atomic E-state index is 13.9. The molecule has 5 heterocycles. The van der Waals surface area contributed by atoms with Crippen LogP contribution in [0.25, 0.3) is 27.8 Å². The van der Waals surface area contributed by atoms with Gasteiger partial charge in [-0.15, -0.1) is 0 Å². The first-order chi connectivity index (χ1) is 17.3. The fourth-order valence-electron chi connectivity index (χ4n) is 4.81. The average molecular weight is 514 g/mol. The van der Waals surface area contributed by atoms with Gasteiger partial charge >= 0.3 is 6.18 Å². The fraction of sp³-hybridized carbons (Fsp3) is 0.240. The molecule has 0 spiro atoms. The number of likely N-dealkylation sites (tertiary alicyclic amines) is 1. The van der Waals surface area contributed by atoms with E-state index in [-0.39, 0.29) is 22.5 Å². The average Bonchev–Trinajstić information content (AvgIpc) is 3.62. The van der Waals surface area contributed by atoms with Crippen LogP contribution in [0.5, 0.6) is 0 Å². The molecule has 1 aliphatic rings. The van der Waals surface area contributed by atoms with E-state index in [1.165, 1.54) is 18.7 Å². The van der Waals surface area contributed by atoms with Crippen LogP contribution in [0, 0.1) is 0 Å². The van der Waals surface area contributed by atoms with Crippen molar-refractivity contribution in [2.75, 3.05) is 13.1 Å². The summed E-state index contributed by atoms with van der Waals surface area (Å²) < 4.78 is 49.9. The maximum absolute atomic E-state index is 13.9. The Balaban J connectivity index is 1.30. The Hall–Kier alpha value is -3.79. The number of hydrogen-bond acceptors (Lipinski definition) is 4. The quantitative estimate of drug-likeness (QED) is 0.292. The predicted octanol–water partition coefficient (Wildman–Crippen LogP) is 6.09. The number of carbonyl (C=O) groups excluding carboxylic acids is 1. The normalized spacial score (nSPS) is 15.3. The van der Waals surface area contributed by atoms with Crippen LogP contribution in [0.15, 0.2) is 65.9 Å². The van der Waals surface area contributed by atoms with Gasteiger partial charge in [0.25, 0.3) is 5.91 Å². The van der Waals surface area contributed by atoms with E-state index < -0.39 is 23.3 Å². The highest BCUT2D eigenvalue weighted by atomic mass is 35.5. The summed E-state index contributed by atoms with van der Waals surface area (Å²) in [6.07, 6.45) is 2.60. The van der Waals surface area contributed by atoms with Crippen molar-refractivity contribution in [1.82, 2.24) is 23.8 Å². The number of nitrogens with zero attached hydrogens (tertiary/aromatic N) is 5. The van der Waals surface area contributed by atoms with Gasteiger partial charge in [-0.2, -0.15) is 13.2 Å². The molecule has 36 heavy (non-hydrogen) atoms. The molecule has 184 valence electrons. The lowest BCUT2D eigenvalue weighted by Crippen LogP contribution is -2.39. The number of para-hydroxylation sites is 2. The first-order valence-corrected chi connectivity index (χ1v) is 11.7. The van der Waals surface area contributed by atoms with Crippen LogP contribution < -0.4 is 0 Å². The maximum Gasteiger partial charge on any atom is 0.420 e. The summed E-state index contributed by atoms with van der Waals surface area (Å²) in [5.41, 5.74) is 1.04. The number of piperidine rings is 1. The Morgan fingerprint density at radius 1 is 1.11 bits per heavy atom. The third-order valence-electron chi connectivity index (χ3n) is 6.65. The summed E-state index contributed by atoms with van der Waals surface area (Å²) >= 11 is 6.45. The number of fused-ring (bicyclic) bond motifs is 2. The minimum Gasteiger partial charge on any atom is -0.472 e. The van der Waals surface area contributed by atoms with Crippen LogP contribution >= 0.6 is 11.6 Å². The molecular formula is C25H19ClF3N5O2. The first-order valence-electron chi connectivity index (χ1n) is 11.3. The molecule has 11 heteroatoms. The van der Waals surface area contributed by atoms with Crippen molar-refractivity contribution in [3.63, 3.8) is 0 Å². The summed E-state index contributed by atoms with van der Waals surface area (Å²) in [7, 11) is 0. The molecular weight excluding hydrogens is 495 g/mol. The fourth-order valence-corrected chi connectivity index (χ4v) is 5.07. The van der Waals surface area contributed by atoms with E-state index in [2.05, 4.69) is 14.5 Å². The number of alkyl halides is 3. The van der Waals surface area contributed by atoms with E-state index in [0.29, 0.717) is 31.5 Å². The number of furan rings is 1. The summed E-state index contributed by atoms with van der Waals surface area (Å²) in [4.78, 5) is 23.4. The number of benzene rings is 1. The van der Waals surface area contributed by atoms with Crippen molar-refractivity contribution in [2.45, 2.75) is 25.1 Å². The molecule has 0 unspecified atom stereocenters. The lowest BCUT2D eigenvalue weighted by Gasteiger charge is -2.32. The first kappa shape index (κ1) is 22.7. The van der Waals surface area contributed by atoms with E-state index in [9.17, 15) is 18.0 Å². The van der Waals surface area contributed by atoms with Crippen molar-refractivity contribution in [1.29, 1.82) is 0 Å². The lowest BCUT2D eigenvalue weighted by molar-refractivity contribution is -0.136. The van der Waals surface area contributed by atoms with Crippen LogP contribution in [0.3, 0.4) is 0 Å². The van der Waals surface area contributed by atoms with Crippen molar-refractivity contribution in [3.8, 4) is 11.1 Å². The molecule has 0 atom stereocenters. The Morgan fingerprint density at radius 2 is 1.89 bits per heavy atom. The number of pyridine rings is 1. The Kier molecular flexibility index (Phi) is 5.29. The van der Waals surface area contributed by atoms with Crippen LogP contribution in [0.1, 0.15) is 34.9 Å². The molecule has 0 aliphatic carbocycles. The minimum atomic E-state index is -4.69. The summed E-state index contributed by atoms with van der Waals surface area (Å²) in [5.74, 6) is -0.490. The molecule has 1 saturated heterocycles. The topological polar surface area (TPSA) is 68.6 Å². The summed E-state index contributed by atoms with van der Waals surface area (Å²) in [6, 6.07) is 10.5. The Labute approximate surface area is 207 Å². The highest BCUT2D eigenvalue weighted by molar-refractivity contribution is 6.33. The predicted molar refractivity (Wildman–Crippen MR) is 127 cm³/mol. The van der Waals surface area contributed by atoms with Crippen LogP contribution in [0.4, 0.5) is 13.2 Å². The molecule has 0 bridgehead atoms. The SMILES string of the molecule is O=C(c1nc2c(C(F)(F)F)cc(-c3ccoc3)cn2c1Cl)N1CCC(n2cnc3ccccc32)CC1. The Bertz CT molecular complexity index is 1580. The van der Waals surface area contributed by atoms with Gasteiger partial charge in [-0.05, 0) is 37.1 Å². The zero-order valence-electron chi connectivity index (χ0n) is 18.7. The number of hydrogen-bond donors (Lipinski definition) is 0. The van der Waals surface area contributed by atoms with E-state index in [1.54, 1.807) is 11.0 Å². The second-order valence-corrected chi connectivity index (χ2v) is 9.12. The van der Waals surface area contributed by atoms with Crippen molar-refractivity contribution in [2.24, 2.45) is 0 Å². The molecule has 6 rings (SSSR count). The summed E-state index contributed by atoms with van der Waals surface area (Å²) in [5, 5.41) is -0.159. The standard InChI is InChI=1S/C25H19ClF3N5O2/c26-22-21(31-23-18(25(27,28)29)11-16(12-33(22)23)15-7-10-36-13-15)24(35)32-8-5-17(6-9-32)34-14-30-19-3-1-2-4-20(19)34/h1-4,7,10-14,17H,5-6,8-9H2. The number of aromatic nitrogens is 4. The molecule has 7 nitrogen and oxygen atoms in total. The molecule has 1 amide bonds. The highest BCUT2D eigenvalue weighted by Gasteiger charge is 2.37. The van der Waals surface area contributed by atoms with E-state index in [4.69, 9.17) is 16.0 Å². The van der Waals surface area contributed by atoms with Crippen LogP contribution in [-0.2, 0) is 6.18 Å². The molecule has 4 aromatic heterocycles. The van der Waals surface area contributed by atoms with Gasteiger partial charge in [-0.3, -0.25) is 9.20 Å².